The molecule has 5 heteroatoms. The van der Waals surface area contributed by atoms with Gasteiger partial charge in [0.1, 0.15) is 5.75 Å². The number of rotatable bonds is 3. The summed E-state index contributed by atoms with van der Waals surface area (Å²) in [6.07, 6.45) is -3.80. The van der Waals surface area contributed by atoms with Crippen LogP contribution in [0.15, 0.2) is 30.3 Å². The lowest BCUT2D eigenvalue weighted by Crippen LogP contribution is -2.12. The molecule has 1 aromatic carbocycles. The first kappa shape index (κ1) is 12.6. The summed E-state index contributed by atoms with van der Waals surface area (Å²) in [4.78, 5) is 0. The van der Waals surface area contributed by atoms with E-state index in [0.717, 1.165) is 6.08 Å². The Morgan fingerprint density at radius 2 is 2.00 bits per heavy atom. The minimum absolute atomic E-state index is 0.0773. The Bertz CT molecular complexity index is 383. The Balaban J connectivity index is 3.27. The molecule has 0 aliphatic heterocycles. The number of ether oxygens (including phenoxy) is 1. The maximum absolute atomic E-state index is 12.7. The molecule has 0 aromatic heterocycles. The summed E-state index contributed by atoms with van der Waals surface area (Å²) in [6.45, 7) is -0.674. The summed E-state index contributed by atoms with van der Waals surface area (Å²) < 4.78 is 42.9. The molecule has 0 aliphatic rings. The molecular formula is C11H11F3O2. The smallest absolute Gasteiger partial charge is 0.416 e. The highest BCUT2D eigenvalue weighted by atomic mass is 19.4. The van der Waals surface area contributed by atoms with E-state index in [1.165, 1.54) is 25.3 Å². The second-order valence-electron chi connectivity index (χ2n) is 3.00. The van der Waals surface area contributed by atoms with Gasteiger partial charge in [-0.25, -0.2) is 0 Å². The third kappa shape index (κ3) is 2.76. The SMILES string of the molecule is COc1ccccc1/C(=C\CO)C(F)(F)F. The van der Waals surface area contributed by atoms with Crippen LogP contribution >= 0.6 is 0 Å². The first-order valence-corrected chi connectivity index (χ1v) is 4.52. The van der Waals surface area contributed by atoms with Gasteiger partial charge >= 0.3 is 6.18 Å². The number of halogens is 3. The number of para-hydroxylation sites is 1. The summed E-state index contributed by atoms with van der Waals surface area (Å²) in [5, 5.41) is 8.61. The van der Waals surface area contributed by atoms with Crippen molar-refractivity contribution in [3.05, 3.63) is 35.9 Å². The van der Waals surface area contributed by atoms with Crippen molar-refractivity contribution in [3.8, 4) is 5.75 Å². The molecule has 2 nitrogen and oxygen atoms in total. The molecule has 88 valence electrons. The third-order valence-electron chi connectivity index (χ3n) is 2.00. The van der Waals surface area contributed by atoms with Crippen molar-refractivity contribution >= 4 is 5.57 Å². The van der Waals surface area contributed by atoms with Crippen LogP contribution in [0.1, 0.15) is 5.56 Å². The van der Waals surface area contributed by atoms with Crippen LogP contribution in [0.25, 0.3) is 5.57 Å². The highest BCUT2D eigenvalue weighted by molar-refractivity contribution is 5.74. The Hall–Kier alpha value is -1.49. The molecule has 0 radical (unpaired) electrons. The van der Waals surface area contributed by atoms with E-state index < -0.39 is 18.4 Å². The number of benzene rings is 1. The first-order valence-electron chi connectivity index (χ1n) is 4.52. The Labute approximate surface area is 91.0 Å². The monoisotopic (exact) mass is 232 g/mol. The van der Waals surface area contributed by atoms with Gasteiger partial charge in [-0.2, -0.15) is 13.2 Å². The summed E-state index contributed by atoms with van der Waals surface area (Å²) in [5.41, 5.74) is -0.973. The summed E-state index contributed by atoms with van der Waals surface area (Å²) in [6, 6.07) is 5.80. The Morgan fingerprint density at radius 3 is 2.50 bits per heavy atom. The van der Waals surface area contributed by atoms with Gasteiger partial charge in [-0.05, 0) is 12.1 Å². The lowest BCUT2D eigenvalue weighted by Gasteiger charge is -2.14. The van der Waals surface area contributed by atoms with E-state index in [-0.39, 0.29) is 11.3 Å². The van der Waals surface area contributed by atoms with Crippen LogP contribution in [0, 0.1) is 0 Å². The summed E-state index contributed by atoms with van der Waals surface area (Å²) in [7, 11) is 1.30. The van der Waals surface area contributed by atoms with E-state index in [1.807, 2.05) is 0 Å². The van der Waals surface area contributed by atoms with Crippen molar-refractivity contribution in [3.63, 3.8) is 0 Å². The molecule has 0 bridgehead atoms. The van der Waals surface area contributed by atoms with E-state index >= 15 is 0 Å². The predicted octanol–water partition coefficient (Wildman–Crippen LogP) is 2.63. The van der Waals surface area contributed by atoms with Crippen LogP contribution in [-0.4, -0.2) is 25.0 Å². The van der Waals surface area contributed by atoms with Crippen molar-refractivity contribution in [1.29, 1.82) is 0 Å². The van der Waals surface area contributed by atoms with Gasteiger partial charge < -0.3 is 9.84 Å². The van der Waals surface area contributed by atoms with Crippen molar-refractivity contribution in [2.24, 2.45) is 0 Å². The molecule has 0 amide bonds. The van der Waals surface area contributed by atoms with Gasteiger partial charge in [0, 0.05) is 5.56 Å². The third-order valence-corrected chi connectivity index (χ3v) is 2.00. The number of alkyl halides is 3. The molecule has 0 heterocycles. The normalized spacial score (nSPS) is 12.7. The minimum Gasteiger partial charge on any atom is -0.496 e. The first-order chi connectivity index (χ1) is 7.50. The molecule has 1 N–H and O–H groups in total. The van der Waals surface area contributed by atoms with Gasteiger partial charge in [-0.1, -0.05) is 18.2 Å². The van der Waals surface area contributed by atoms with E-state index in [1.54, 1.807) is 6.07 Å². The van der Waals surface area contributed by atoms with Gasteiger partial charge in [0.25, 0.3) is 0 Å². The lowest BCUT2D eigenvalue weighted by molar-refractivity contribution is -0.0693. The van der Waals surface area contributed by atoms with Crippen LogP contribution in [0.5, 0.6) is 5.75 Å². The van der Waals surface area contributed by atoms with Crippen LogP contribution in [-0.2, 0) is 0 Å². The van der Waals surface area contributed by atoms with Crippen LogP contribution < -0.4 is 4.74 Å². The summed E-state index contributed by atoms with van der Waals surface area (Å²) >= 11 is 0. The molecular weight excluding hydrogens is 221 g/mol. The fraction of sp³-hybridized carbons (Fsp3) is 0.273. The lowest BCUT2D eigenvalue weighted by atomic mass is 10.0. The van der Waals surface area contributed by atoms with Gasteiger partial charge in [-0.3, -0.25) is 0 Å². The molecule has 1 aromatic rings. The Kier molecular flexibility index (Phi) is 3.95. The second kappa shape index (κ2) is 5.03. The van der Waals surface area contributed by atoms with Crippen molar-refractivity contribution in [2.45, 2.75) is 6.18 Å². The van der Waals surface area contributed by atoms with Crippen molar-refractivity contribution in [1.82, 2.24) is 0 Å². The highest BCUT2D eigenvalue weighted by Gasteiger charge is 2.35. The molecule has 16 heavy (non-hydrogen) atoms. The predicted molar refractivity (Wildman–Crippen MR) is 54.1 cm³/mol. The minimum atomic E-state index is -4.52. The molecule has 0 saturated heterocycles. The van der Waals surface area contributed by atoms with Gasteiger partial charge in [0.15, 0.2) is 0 Å². The van der Waals surface area contributed by atoms with E-state index in [9.17, 15) is 13.2 Å². The molecule has 0 unspecified atom stereocenters. The summed E-state index contributed by atoms with van der Waals surface area (Å²) in [5.74, 6) is 0.125. The number of allylic oxidation sites excluding steroid dienone is 1. The maximum Gasteiger partial charge on any atom is 0.416 e. The highest BCUT2D eigenvalue weighted by Crippen LogP contribution is 2.37. The van der Waals surface area contributed by atoms with E-state index in [0.29, 0.717) is 0 Å². The zero-order valence-electron chi connectivity index (χ0n) is 8.58. The van der Waals surface area contributed by atoms with Crippen molar-refractivity contribution in [2.75, 3.05) is 13.7 Å². The standard InChI is InChI=1S/C11H11F3O2/c1-16-10-5-3-2-4-8(10)9(6-7-15)11(12,13)14/h2-6,15H,7H2,1H3/b9-6+. The second-order valence-corrected chi connectivity index (χ2v) is 3.00. The zero-order chi connectivity index (χ0) is 12.2. The molecule has 0 saturated carbocycles. The quantitative estimate of drug-likeness (QED) is 0.868. The number of aliphatic hydroxyl groups excluding tert-OH is 1. The van der Waals surface area contributed by atoms with Crippen LogP contribution in [0.2, 0.25) is 0 Å². The van der Waals surface area contributed by atoms with Crippen molar-refractivity contribution < 1.29 is 23.0 Å². The van der Waals surface area contributed by atoms with E-state index in [4.69, 9.17) is 9.84 Å². The number of hydrogen-bond acceptors (Lipinski definition) is 2. The number of hydrogen-bond donors (Lipinski definition) is 1. The van der Waals surface area contributed by atoms with Gasteiger partial charge in [0.2, 0.25) is 0 Å². The molecule has 0 atom stereocenters. The fourth-order valence-corrected chi connectivity index (χ4v) is 1.34. The molecule has 0 fully saturated rings. The zero-order valence-corrected chi connectivity index (χ0v) is 8.58. The molecule has 0 aliphatic carbocycles. The number of aliphatic hydroxyl groups is 1. The molecule has 1 rings (SSSR count). The topological polar surface area (TPSA) is 29.5 Å². The molecule has 0 spiro atoms. The Morgan fingerprint density at radius 1 is 1.38 bits per heavy atom. The maximum atomic E-state index is 12.7. The van der Waals surface area contributed by atoms with Crippen LogP contribution in [0.4, 0.5) is 13.2 Å². The number of methoxy groups -OCH3 is 1. The largest absolute Gasteiger partial charge is 0.496 e. The van der Waals surface area contributed by atoms with Crippen LogP contribution in [0.3, 0.4) is 0 Å². The fourth-order valence-electron chi connectivity index (χ4n) is 1.34. The average Bonchev–Trinajstić information content (AvgIpc) is 2.24. The van der Waals surface area contributed by atoms with E-state index in [2.05, 4.69) is 0 Å². The average molecular weight is 232 g/mol. The van der Waals surface area contributed by atoms with Gasteiger partial charge in [-0.15, -0.1) is 0 Å². The van der Waals surface area contributed by atoms with Gasteiger partial charge in [0.05, 0.1) is 19.3 Å².